The maximum atomic E-state index is 13.6. The molecule has 1 aromatic carbocycles. The predicted molar refractivity (Wildman–Crippen MR) is 77.2 cm³/mol. The van der Waals surface area contributed by atoms with Crippen molar-refractivity contribution in [1.29, 1.82) is 0 Å². The number of hydrogen-bond donors (Lipinski definition) is 1. The Morgan fingerprint density at radius 2 is 2.05 bits per heavy atom. The zero-order valence-electron chi connectivity index (χ0n) is 11.3. The van der Waals surface area contributed by atoms with Gasteiger partial charge in [0.1, 0.15) is 27.9 Å². The van der Waals surface area contributed by atoms with E-state index in [4.69, 9.17) is 32.4 Å². The van der Waals surface area contributed by atoms with Crippen LogP contribution in [0, 0.1) is 17.6 Å². The summed E-state index contributed by atoms with van der Waals surface area (Å²) in [5, 5.41) is 2.46. The van der Waals surface area contributed by atoms with Crippen LogP contribution in [0.5, 0.6) is 5.75 Å². The van der Waals surface area contributed by atoms with Crippen molar-refractivity contribution in [2.75, 3.05) is 13.1 Å². The zero-order chi connectivity index (χ0) is 15.7. The van der Waals surface area contributed by atoms with Gasteiger partial charge in [0.25, 0.3) is 0 Å². The molecule has 2 heterocycles. The van der Waals surface area contributed by atoms with Crippen molar-refractivity contribution in [2.24, 2.45) is 5.92 Å². The Kier molecular flexibility index (Phi) is 4.52. The van der Waals surface area contributed by atoms with E-state index in [1.165, 1.54) is 12.5 Å². The lowest BCUT2D eigenvalue weighted by Gasteiger charge is -2.23. The van der Waals surface area contributed by atoms with Crippen LogP contribution in [-0.2, 0) is 0 Å². The maximum Gasteiger partial charge on any atom is 0.235 e. The second-order valence-corrected chi connectivity index (χ2v) is 5.71. The van der Waals surface area contributed by atoms with Crippen LogP contribution >= 0.6 is 23.2 Å². The van der Waals surface area contributed by atoms with E-state index in [1.54, 1.807) is 0 Å². The molecule has 3 rings (SSSR count). The molecule has 1 fully saturated rings. The normalized spacial score (nSPS) is 19.4. The second-order valence-electron chi connectivity index (χ2n) is 4.96. The Balaban J connectivity index is 1.97. The number of oxazole rings is 1. The summed E-state index contributed by atoms with van der Waals surface area (Å²) in [6.07, 6.45) is 3.05. The minimum atomic E-state index is -0.936. The molecule has 1 N–H and O–H groups in total. The van der Waals surface area contributed by atoms with Crippen molar-refractivity contribution in [3.8, 4) is 5.75 Å². The summed E-state index contributed by atoms with van der Waals surface area (Å²) in [5.41, 5.74) is 0. The first-order chi connectivity index (χ1) is 10.6. The molecule has 1 aliphatic heterocycles. The van der Waals surface area contributed by atoms with E-state index < -0.39 is 17.7 Å². The minimum Gasteiger partial charge on any atom is -0.477 e. The zero-order valence-corrected chi connectivity index (χ0v) is 12.8. The van der Waals surface area contributed by atoms with Crippen LogP contribution in [0.1, 0.15) is 18.4 Å². The molecule has 0 saturated carbocycles. The van der Waals surface area contributed by atoms with E-state index in [9.17, 15) is 8.78 Å². The topological polar surface area (TPSA) is 47.3 Å². The van der Waals surface area contributed by atoms with E-state index in [-0.39, 0.29) is 21.7 Å². The largest absolute Gasteiger partial charge is 0.477 e. The fourth-order valence-electron chi connectivity index (χ4n) is 2.44. The van der Waals surface area contributed by atoms with Gasteiger partial charge in [0.15, 0.2) is 11.9 Å². The fraction of sp³-hybridized carbons (Fsp3) is 0.357. The SMILES string of the molecule is Fc1cc(F)c(Cl)c(O[C@H](c2ncco2)[C@H]2CCNC2)c1Cl. The average Bonchev–Trinajstić information content (AvgIpc) is 3.19. The van der Waals surface area contributed by atoms with Crippen molar-refractivity contribution in [3.63, 3.8) is 0 Å². The van der Waals surface area contributed by atoms with Crippen LogP contribution in [0.4, 0.5) is 8.78 Å². The van der Waals surface area contributed by atoms with Gasteiger partial charge in [0.05, 0.1) is 6.20 Å². The number of hydrogen-bond acceptors (Lipinski definition) is 4. The van der Waals surface area contributed by atoms with Gasteiger partial charge in [0, 0.05) is 18.5 Å². The van der Waals surface area contributed by atoms with E-state index in [2.05, 4.69) is 10.3 Å². The van der Waals surface area contributed by atoms with Crippen LogP contribution in [0.2, 0.25) is 10.0 Å². The van der Waals surface area contributed by atoms with Gasteiger partial charge in [-0.05, 0) is 13.0 Å². The highest BCUT2D eigenvalue weighted by atomic mass is 35.5. The van der Waals surface area contributed by atoms with E-state index in [0.29, 0.717) is 18.5 Å². The third-order valence-electron chi connectivity index (χ3n) is 3.54. The molecule has 0 spiro atoms. The lowest BCUT2D eigenvalue weighted by Crippen LogP contribution is -2.22. The van der Waals surface area contributed by atoms with Crippen molar-refractivity contribution >= 4 is 23.2 Å². The van der Waals surface area contributed by atoms with Crippen molar-refractivity contribution in [2.45, 2.75) is 12.5 Å². The maximum absolute atomic E-state index is 13.6. The Labute approximate surface area is 135 Å². The first-order valence-electron chi connectivity index (χ1n) is 6.67. The summed E-state index contributed by atoms with van der Waals surface area (Å²) in [6.45, 7) is 1.48. The lowest BCUT2D eigenvalue weighted by molar-refractivity contribution is 0.113. The number of aromatic nitrogens is 1. The number of nitrogens with zero attached hydrogens (tertiary/aromatic N) is 1. The van der Waals surface area contributed by atoms with Crippen molar-refractivity contribution < 1.29 is 17.9 Å². The predicted octanol–water partition coefficient (Wildman–Crippen LogP) is 3.99. The highest BCUT2D eigenvalue weighted by Gasteiger charge is 2.33. The van der Waals surface area contributed by atoms with Gasteiger partial charge in [-0.25, -0.2) is 13.8 Å². The number of nitrogens with one attached hydrogen (secondary N) is 1. The van der Waals surface area contributed by atoms with Gasteiger partial charge in [-0.15, -0.1) is 0 Å². The first kappa shape index (κ1) is 15.5. The molecule has 22 heavy (non-hydrogen) atoms. The smallest absolute Gasteiger partial charge is 0.235 e. The number of benzene rings is 1. The molecular formula is C14H12Cl2F2N2O2. The minimum absolute atomic E-state index is 0.0251. The summed E-state index contributed by atoms with van der Waals surface area (Å²) >= 11 is 11.7. The third kappa shape index (κ3) is 2.91. The fourth-order valence-corrected chi connectivity index (χ4v) is 2.88. The van der Waals surface area contributed by atoms with Crippen LogP contribution in [0.3, 0.4) is 0 Å². The quantitative estimate of drug-likeness (QED) is 0.848. The highest BCUT2D eigenvalue weighted by Crippen LogP contribution is 2.41. The number of rotatable bonds is 4. The van der Waals surface area contributed by atoms with Gasteiger partial charge in [-0.1, -0.05) is 23.2 Å². The Bertz CT molecular complexity index is 635. The number of halogens is 4. The summed E-state index contributed by atoms with van der Waals surface area (Å²) in [5.74, 6) is -1.78. The molecule has 1 saturated heterocycles. The molecule has 4 nitrogen and oxygen atoms in total. The van der Waals surface area contributed by atoms with Gasteiger partial charge >= 0.3 is 0 Å². The van der Waals surface area contributed by atoms with E-state index in [1.807, 2.05) is 0 Å². The van der Waals surface area contributed by atoms with Gasteiger partial charge in [0.2, 0.25) is 5.89 Å². The monoisotopic (exact) mass is 348 g/mol. The summed E-state index contributed by atoms with van der Waals surface area (Å²) in [6, 6.07) is 0.620. The Morgan fingerprint density at radius 1 is 1.32 bits per heavy atom. The number of ether oxygens (including phenoxy) is 1. The van der Waals surface area contributed by atoms with Crippen LogP contribution in [-0.4, -0.2) is 18.1 Å². The lowest BCUT2D eigenvalue weighted by atomic mass is 10.0. The average molecular weight is 349 g/mol. The molecule has 0 unspecified atom stereocenters. The molecule has 2 aromatic rings. The van der Waals surface area contributed by atoms with Crippen molar-refractivity contribution in [3.05, 3.63) is 46.1 Å². The summed E-state index contributed by atoms with van der Waals surface area (Å²) < 4.78 is 38.3. The standard InChI is InChI=1S/C14H12Cl2F2N2O2/c15-10-8(17)5-9(18)11(16)13(10)22-12(7-1-2-19-6-7)14-20-3-4-21-14/h3-5,7,12,19H,1-2,6H2/t7-,12-/m0/s1. The van der Waals surface area contributed by atoms with Gasteiger partial charge in [-0.3, -0.25) is 0 Å². The molecule has 0 bridgehead atoms. The Hall–Kier alpha value is -1.37. The van der Waals surface area contributed by atoms with Gasteiger partial charge in [-0.2, -0.15) is 0 Å². The molecule has 0 radical (unpaired) electrons. The Morgan fingerprint density at radius 3 is 2.59 bits per heavy atom. The molecule has 2 atom stereocenters. The summed E-state index contributed by atoms with van der Waals surface area (Å²) in [4.78, 5) is 4.07. The molecule has 0 amide bonds. The molecule has 118 valence electrons. The van der Waals surface area contributed by atoms with Crippen molar-refractivity contribution in [1.82, 2.24) is 10.3 Å². The molecule has 8 heteroatoms. The summed E-state index contributed by atoms with van der Waals surface area (Å²) in [7, 11) is 0. The first-order valence-corrected chi connectivity index (χ1v) is 7.43. The van der Waals surface area contributed by atoms with Crippen LogP contribution < -0.4 is 10.1 Å². The van der Waals surface area contributed by atoms with E-state index >= 15 is 0 Å². The van der Waals surface area contributed by atoms with E-state index in [0.717, 1.165) is 13.0 Å². The van der Waals surface area contributed by atoms with Crippen LogP contribution in [0.15, 0.2) is 22.9 Å². The molecule has 0 aliphatic carbocycles. The second kappa shape index (κ2) is 6.40. The van der Waals surface area contributed by atoms with Gasteiger partial charge < -0.3 is 14.5 Å². The molecule has 1 aromatic heterocycles. The highest BCUT2D eigenvalue weighted by molar-refractivity contribution is 6.37. The third-order valence-corrected chi connectivity index (χ3v) is 4.24. The van der Waals surface area contributed by atoms with Crippen LogP contribution in [0.25, 0.3) is 0 Å². The molecular weight excluding hydrogens is 337 g/mol. The molecule has 1 aliphatic rings.